The molecule has 2 rings (SSSR count). The number of aromatic nitrogens is 1. The highest BCUT2D eigenvalue weighted by molar-refractivity contribution is 7.27. The first kappa shape index (κ1) is 13.4. The number of nitrogen functional groups attached to an aromatic ring is 1. The first-order valence-corrected chi connectivity index (χ1v) is 6.32. The van der Waals surface area contributed by atoms with E-state index in [2.05, 4.69) is 20.8 Å². The molecule has 1 aromatic heterocycles. The maximum atomic E-state index is 5.82. The molecule has 0 spiro atoms. The number of aryl methyl sites for hydroxylation is 1. The summed E-state index contributed by atoms with van der Waals surface area (Å²) in [6.45, 7) is 3.60. The summed E-state index contributed by atoms with van der Waals surface area (Å²) in [6, 6.07) is 9.22. The van der Waals surface area contributed by atoms with Crippen LogP contribution in [0.3, 0.4) is 0 Å². The van der Waals surface area contributed by atoms with Gasteiger partial charge in [0, 0.05) is 36.5 Å². The lowest BCUT2D eigenvalue weighted by molar-refractivity contribution is 0.483. The summed E-state index contributed by atoms with van der Waals surface area (Å²) in [5, 5.41) is 0.912. The third-order valence-electron chi connectivity index (χ3n) is 2.58. The second-order valence-corrected chi connectivity index (χ2v) is 4.66. The Morgan fingerprint density at radius 3 is 2.84 bits per heavy atom. The molecule has 4 nitrogen and oxygen atoms in total. The molecule has 0 radical (unpaired) electrons. The van der Waals surface area contributed by atoms with Gasteiger partial charge in [-0.25, -0.2) is 4.99 Å². The predicted octanol–water partition coefficient (Wildman–Crippen LogP) is 1.94. The van der Waals surface area contributed by atoms with Gasteiger partial charge in [-0.15, -0.1) is 9.24 Å². The Kier molecular flexibility index (Phi) is 4.03. The number of nitrogens with zero attached hydrogens (tertiary/aromatic N) is 2. The van der Waals surface area contributed by atoms with Crippen molar-refractivity contribution in [1.82, 2.24) is 4.57 Å². The highest BCUT2D eigenvalue weighted by atomic mass is 31.0. The molecule has 0 aliphatic heterocycles. The number of hydrogen-bond acceptors (Lipinski definition) is 3. The number of ether oxygens (including phenoxy) is 1. The van der Waals surface area contributed by atoms with E-state index in [1.54, 1.807) is 6.07 Å². The lowest BCUT2D eigenvalue weighted by Crippen LogP contribution is -2.16. The Balaban J connectivity index is 2.36. The van der Waals surface area contributed by atoms with Crippen molar-refractivity contribution in [3.8, 4) is 11.5 Å². The third-order valence-corrected chi connectivity index (χ3v) is 3.03. The van der Waals surface area contributed by atoms with Crippen LogP contribution in [0.2, 0.25) is 0 Å². The lowest BCUT2D eigenvalue weighted by Gasteiger charge is -2.10. The number of rotatable bonds is 3. The smallest absolute Gasteiger partial charge is 0.135 e. The molecule has 0 fully saturated rings. The highest BCUT2D eigenvalue weighted by Gasteiger charge is 2.02. The standard InChI is InChI=1S/C14H16N3OP/c1-3-16-14-9-11(6-7-17(14)2)18-12-5-4-10(15)8-13(12)19/h3-9H,1,15,19H2,2H3. The van der Waals surface area contributed by atoms with Crippen LogP contribution in [-0.2, 0) is 7.05 Å². The van der Waals surface area contributed by atoms with Crippen LogP contribution in [0.15, 0.2) is 54.3 Å². The van der Waals surface area contributed by atoms with Crippen molar-refractivity contribution in [3.05, 3.63) is 54.8 Å². The maximum absolute atomic E-state index is 5.82. The number of hydrogen-bond donors (Lipinski definition) is 1. The minimum Gasteiger partial charge on any atom is -0.457 e. The largest absolute Gasteiger partial charge is 0.457 e. The highest BCUT2D eigenvalue weighted by Crippen LogP contribution is 2.20. The van der Waals surface area contributed by atoms with Crippen LogP contribution in [0.5, 0.6) is 11.5 Å². The van der Waals surface area contributed by atoms with Gasteiger partial charge in [-0.3, -0.25) is 0 Å². The topological polar surface area (TPSA) is 52.5 Å². The van der Waals surface area contributed by atoms with E-state index < -0.39 is 0 Å². The molecule has 0 saturated heterocycles. The van der Waals surface area contributed by atoms with Gasteiger partial charge in [0.25, 0.3) is 0 Å². The molecule has 0 aliphatic rings. The number of benzene rings is 1. The Hall–Kier alpha value is -2.06. The van der Waals surface area contributed by atoms with Crippen LogP contribution in [0.25, 0.3) is 0 Å². The average molecular weight is 273 g/mol. The van der Waals surface area contributed by atoms with Crippen LogP contribution in [0.4, 0.5) is 5.69 Å². The molecule has 0 amide bonds. The van der Waals surface area contributed by atoms with Gasteiger partial charge in [0.05, 0.1) is 0 Å². The molecule has 98 valence electrons. The second kappa shape index (κ2) is 5.72. The van der Waals surface area contributed by atoms with Gasteiger partial charge < -0.3 is 15.0 Å². The number of pyridine rings is 1. The summed E-state index contributed by atoms with van der Waals surface area (Å²) in [5.74, 6) is 1.46. The summed E-state index contributed by atoms with van der Waals surface area (Å²) in [4.78, 5) is 4.17. The van der Waals surface area contributed by atoms with Crippen molar-refractivity contribution in [2.75, 3.05) is 5.73 Å². The van der Waals surface area contributed by atoms with Crippen molar-refractivity contribution in [3.63, 3.8) is 0 Å². The summed E-state index contributed by atoms with van der Waals surface area (Å²) in [5.41, 5.74) is 7.19. The Labute approximate surface area is 114 Å². The average Bonchev–Trinajstić information content (AvgIpc) is 2.37. The van der Waals surface area contributed by atoms with E-state index in [-0.39, 0.29) is 0 Å². The Morgan fingerprint density at radius 2 is 2.16 bits per heavy atom. The summed E-state index contributed by atoms with van der Waals surface area (Å²) in [7, 11) is 4.52. The first-order chi connectivity index (χ1) is 9.10. The van der Waals surface area contributed by atoms with Gasteiger partial charge >= 0.3 is 0 Å². The minimum atomic E-state index is 0.708. The van der Waals surface area contributed by atoms with E-state index >= 15 is 0 Å². The second-order valence-electron chi connectivity index (χ2n) is 4.04. The molecule has 0 aliphatic carbocycles. The Morgan fingerprint density at radius 1 is 1.37 bits per heavy atom. The van der Waals surface area contributed by atoms with Crippen LogP contribution in [-0.4, -0.2) is 4.57 Å². The fourth-order valence-corrected chi connectivity index (χ4v) is 1.96. The van der Waals surface area contributed by atoms with Crippen molar-refractivity contribution in [2.45, 2.75) is 0 Å². The molecule has 1 atom stereocenters. The monoisotopic (exact) mass is 273 g/mol. The first-order valence-electron chi connectivity index (χ1n) is 5.74. The van der Waals surface area contributed by atoms with Crippen LogP contribution >= 0.6 is 9.24 Å². The van der Waals surface area contributed by atoms with Crippen LogP contribution in [0, 0.1) is 0 Å². The van der Waals surface area contributed by atoms with Crippen molar-refractivity contribution in [2.24, 2.45) is 12.0 Å². The van der Waals surface area contributed by atoms with Gasteiger partial charge in [0.1, 0.15) is 17.0 Å². The molecule has 2 aromatic rings. The van der Waals surface area contributed by atoms with E-state index in [1.807, 2.05) is 42.1 Å². The zero-order valence-corrected chi connectivity index (χ0v) is 11.9. The third kappa shape index (κ3) is 3.24. The van der Waals surface area contributed by atoms with Crippen LogP contribution < -0.4 is 21.3 Å². The maximum Gasteiger partial charge on any atom is 0.135 e. The Bertz CT molecular complexity index is 677. The summed E-state index contributed by atoms with van der Waals surface area (Å²) in [6.07, 6.45) is 3.39. The number of anilines is 1. The van der Waals surface area contributed by atoms with Crippen molar-refractivity contribution < 1.29 is 4.74 Å². The van der Waals surface area contributed by atoms with Crippen LogP contribution in [0.1, 0.15) is 0 Å². The molecule has 2 N–H and O–H groups in total. The zero-order valence-electron chi connectivity index (χ0n) is 10.7. The molecule has 19 heavy (non-hydrogen) atoms. The van der Waals surface area contributed by atoms with E-state index in [1.165, 1.54) is 6.20 Å². The van der Waals surface area contributed by atoms with Crippen molar-refractivity contribution >= 4 is 20.2 Å². The van der Waals surface area contributed by atoms with Gasteiger partial charge in [-0.05, 0) is 24.3 Å². The van der Waals surface area contributed by atoms with E-state index in [0.717, 1.165) is 16.5 Å². The van der Waals surface area contributed by atoms with E-state index in [4.69, 9.17) is 10.5 Å². The van der Waals surface area contributed by atoms with Gasteiger partial charge in [0.2, 0.25) is 0 Å². The van der Waals surface area contributed by atoms with Gasteiger partial charge in [-0.1, -0.05) is 6.58 Å². The number of nitrogens with two attached hydrogens (primary N) is 1. The molecular formula is C14H16N3OP. The fourth-order valence-electron chi connectivity index (χ4n) is 1.61. The molecule has 0 saturated carbocycles. The summed E-state index contributed by atoms with van der Waals surface area (Å²) < 4.78 is 7.71. The normalized spacial score (nSPS) is 11.4. The SMILES string of the molecule is C=CN=c1cc(Oc2ccc(N)cc2P)ccn1C. The zero-order chi connectivity index (χ0) is 13.8. The lowest BCUT2D eigenvalue weighted by atomic mass is 10.3. The molecule has 5 heteroatoms. The predicted molar refractivity (Wildman–Crippen MR) is 81.4 cm³/mol. The molecule has 0 bridgehead atoms. The summed E-state index contributed by atoms with van der Waals surface area (Å²) >= 11 is 0. The van der Waals surface area contributed by atoms with E-state index in [0.29, 0.717) is 11.4 Å². The van der Waals surface area contributed by atoms with Gasteiger partial charge in [0.15, 0.2) is 0 Å². The van der Waals surface area contributed by atoms with Crippen molar-refractivity contribution in [1.29, 1.82) is 0 Å². The molecule has 1 unspecified atom stereocenters. The quantitative estimate of drug-likeness (QED) is 0.686. The fraction of sp³-hybridized carbons (Fsp3) is 0.0714. The minimum absolute atomic E-state index is 0.708. The molecule has 1 heterocycles. The van der Waals surface area contributed by atoms with Gasteiger partial charge in [-0.2, -0.15) is 0 Å². The molecule has 1 aromatic carbocycles. The molecular weight excluding hydrogens is 257 g/mol. The van der Waals surface area contributed by atoms with E-state index in [9.17, 15) is 0 Å².